The average molecular weight is 274 g/mol. The SMILES string of the molecule is CC[NH+](CC)CC#C[C@](C)(OC(C)=O)c1ccccc1. The Bertz CT molecular complexity index is 483. The Labute approximate surface area is 121 Å². The molecule has 0 aliphatic heterocycles. The molecule has 20 heavy (non-hydrogen) atoms. The second-order valence-electron chi connectivity index (χ2n) is 4.93. The van der Waals surface area contributed by atoms with Crippen LogP contribution in [0.25, 0.3) is 0 Å². The van der Waals surface area contributed by atoms with Gasteiger partial charge in [-0.05, 0) is 32.6 Å². The smallest absolute Gasteiger partial charge is 0.304 e. The molecule has 3 nitrogen and oxygen atoms in total. The summed E-state index contributed by atoms with van der Waals surface area (Å²) < 4.78 is 5.45. The molecule has 0 radical (unpaired) electrons. The Morgan fingerprint density at radius 3 is 2.35 bits per heavy atom. The van der Waals surface area contributed by atoms with Gasteiger partial charge in [-0.3, -0.25) is 4.79 Å². The normalized spacial score (nSPS) is 13.2. The predicted molar refractivity (Wildman–Crippen MR) is 80.2 cm³/mol. The molecular weight excluding hydrogens is 250 g/mol. The molecule has 0 unspecified atom stereocenters. The number of rotatable bonds is 5. The summed E-state index contributed by atoms with van der Waals surface area (Å²) in [5.41, 5.74) is 0.0249. The number of nitrogens with one attached hydrogen (secondary N) is 1. The highest BCUT2D eigenvalue weighted by molar-refractivity contribution is 5.67. The lowest BCUT2D eigenvalue weighted by Crippen LogP contribution is -3.11. The van der Waals surface area contributed by atoms with Crippen LogP contribution in [0.2, 0.25) is 0 Å². The number of esters is 1. The van der Waals surface area contributed by atoms with Gasteiger partial charge in [0.15, 0.2) is 5.60 Å². The Morgan fingerprint density at radius 1 is 1.25 bits per heavy atom. The highest BCUT2D eigenvalue weighted by Crippen LogP contribution is 2.24. The second-order valence-corrected chi connectivity index (χ2v) is 4.93. The summed E-state index contributed by atoms with van der Waals surface area (Å²) in [5, 5.41) is 0. The number of quaternary nitrogens is 1. The summed E-state index contributed by atoms with van der Waals surface area (Å²) in [5.74, 6) is 5.98. The van der Waals surface area contributed by atoms with Crippen molar-refractivity contribution in [1.29, 1.82) is 0 Å². The molecule has 0 amide bonds. The van der Waals surface area contributed by atoms with Crippen LogP contribution in [-0.2, 0) is 15.1 Å². The Hall–Kier alpha value is -1.79. The number of carbonyl (C=O) groups is 1. The lowest BCUT2D eigenvalue weighted by atomic mass is 9.96. The topological polar surface area (TPSA) is 30.7 Å². The van der Waals surface area contributed by atoms with Gasteiger partial charge in [-0.2, -0.15) is 0 Å². The van der Waals surface area contributed by atoms with Gasteiger partial charge in [0.2, 0.25) is 0 Å². The van der Waals surface area contributed by atoms with E-state index in [2.05, 4.69) is 25.7 Å². The third-order valence-corrected chi connectivity index (χ3v) is 3.34. The maximum absolute atomic E-state index is 11.3. The molecule has 0 spiro atoms. The number of benzene rings is 1. The molecule has 108 valence electrons. The fourth-order valence-electron chi connectivity index (χ4n) is 2.04. The number of hydrogen-bond acceptors (Lipinski definition) is 2. The Kier molecular flexibility index (Phi) is 6.27. The van der Waals surface area contributed by atoms with Crippen LogP contribution in [0.15, 0.2) is 30.3 Å². The van der Waals surface area contributed by atoms with Gasteiger partial charge in [0.05, 0.1) is 13.1 Å². The first-order chi connectivity index (χ1) is 9.51. The summed E-state index contributed by atoms with van der Waals surface area (Å²) in [6.07, 6.45) is 0. The summed E-state index contributed by atoms with van der Waals surface area (Å²) >= 11 is 0. The number of carbonyl (C=O) groups excluding carboxylic acids is 1. The van der Waals surface area contributed by atoms with Crippen LogP contribution in [0.3, 0.4) is 0 Å². The standard InChI is InChI=1S/C17H23NO2/c1-5-18(6-2)14-10-13-17(4,20-15(3)19)16-11-8-7-9-12-16/h7-9,11-12H,5-6,14H2,1-4H3/p+1/t17-/m0/s1. The van der Waals surface area contributed by atoms with E-state index in [1.807, 2.05) is 37.3 Å². The van der Waals surface area contributed by atoms with E-state index >= 15 is 0 Å². The summed E-state index contributed by atoms with van der Waals surface area (Å²) in [6.45, 7) is 10.4. The van der Waals surface area contributed by atoms with Gasteiger partial charge in [0.1, 0.15) is 6.54 Å². The van der Waals surface area contributed by atoms with Gasteiger partial charge in [0, 0.05) is 12.5 Å². The van der Waals surface area contributed by atoms with Gasteiger partial charge >= 0.3 is 5.97 Å². The van der Waals surface area contributed by atoms with E-state index in [0.717, 1.165) is 25.2 Å². The summed E-state index contributed by atoms with van der Waals surface area (Å²) in [4.78, 5) is 12.8. The number of hydrogen-bond donors (Lipinski definition) is 1. The van der Waals surface area contributed by atoms with Crippen molar-refractivity contribution >= 4 is 5.97 Å². The third kappa shape index (κ3) is 4.71. The molecule has 0 aromatic heterocycles. The molecule has 0 saturated heterocycles. The van der Waals surface area contributed by atoms with Crippen LogP contribution in [0.4, 0.5) is 0 Å². The highest BCUT2D eigenvalue weighted by atomic mass is 16.6. The monoisotopic (exact) mass is 274 g/mol. The van der Waals surface area contributed by atoms with Crippen molar-refractivity contribution in [2.24, 2.45) is 0 Å². The minimum absolute atomic E-state index is 0.319. The van der Waals surface area contributed by atoms with E-state index < -0.39 is 5.60 Å². The molecule has 3 heteroatoms. The van der Waals surface area contributed by atoms with Crippen LogP contribution >= 0.6 is 0 Å². The molecule has 0 fully saturated rings. The minimum Gasteiger partial charge on any atom is -0.442 e. The molecule has 1 atom stereocenters. The minimum atomic E-state index is -0.875. The van der Waals surface area contributed by atoms with E-state index in [0.29, 0.717) is 0 Å². The van der Waals surface area contributed by atoms with Crippen LogP contribution in [0, 0.1) is 11.8 Å². The molecule has 0 aliphatic carbocycles. The zero-order valence-corrected chi connectivity index (χ0v) is 12.8. The number of ether oxygens (including phenoxy) is 1. The third-order valence-electron chi connectivity index (χ3n) is 3.34. The second kappa shape index (κ2) is 7.72. The molecule has 0 saturated carbocycles. The first-order valence-electron chi connectivity index (χ1n) is 7.10. The van der Waals surface area contributed by atoms with Crippen molar-refractivity contribution in [2.45, 2.75) is 33.3 Å². The van der Waals surface area contributed by atoms with E-state index in [1.54, 1.807) is 0 Å². The maximum Gasteiger partial charge on any atom is 0.304 e. The van der Waals surface area contributed by atoms with Crippen LogP contribution < -0.4 is 4.90 Å². The van der Waals surface area contributed by atoms with E-state index in [1.165, 1.54) is 11.8 Å². The van der Waals surface area contributed by atoms with Gasteiger partial charge in [-0.15, -0.1) is 0 Å². The van der Waals surface area contributed by atoms with Crippen molar-refractivity contribution in [3.8, 4) is 11.8 Å². The van der Waals surface area contributed by atoms with Crippen LogP contribution in [-0.4, -0.2) is 25.6 Å². The quantitative estimate of drug-likeness (QED) is 0.650. The predicted octanol–water partition coefficient (Wildman–Crippen LogP) is 1.39. The van der Waals surface area contributed by atoms with Crippen molar-refractivity contribution in [2.75, 3.05) is 19.6 Å². The fourth-order valence-corrected chi connectivity index (χ4v) is 2.04. The molecule has 1 rings (SSSR count). The van der Waals surface area contributed by atoms with Crippen molar-refractivity contribution in [3.63, 3.8) is 0 Å². The molecule has 0 bridgehead atoms. The average Bonchev–Trinajstić information content (AvgIpc) is 2.44. The largest absolute Gasteiger partial charge is 0.442 e. The molecule has 0 aliphatic rings. The first kappa shape index (κ1) is 16.3. The first-order valence-corrected chi connectivity index (χ1v) is 7.10. The van der Waals surface area contributed by atoms with Crippen molar-refractivity contribution in [1.82, 2.24) is 0 Å². The zero-order valence-electron chi connectivity index (χ0n) is 12.8. The van der Waals surface area contributed by atoms with E-state index in [-0.39, 0.29) is 5.97 Å². The Morgan fingerprint density at radius 2 is 1.85 bits per heavy atom. The molecule has 1 aromatic carbocycles. The van der Waals surface area contributed by atoms with Crippen LogP contribution in [0.5, 0.6) is 0 Å². The van der Waals surface area contributed by atoms with Gasteiger partial charge in [0.25, 0.3) is 0 Å². The Balaban J connectivity index is 2.96. The lowest BCUT2D eigenvalue weighted by molar-refractivity contribution is -0.889. The van der Waals surface area contributed by atoms with E-state index in [4.69, 9.17) is 4.74 Å². The fraction of sp³-hybridized carbons (Fsp3) is 0.471. The van der Waals surface area contributed by atoms with Gasteiger partial charge in [-0.25, -0.2) is 0 Å². The zero-order chi connectivity index (χ0) is 15.0. The summed E-state index contributed by atoms with van der Waals surface area (Å²) in [6, 6.07) is 9.65. The van der Waals surface area contributed by atoms with Gasteiger partial charge < -0.3 is 9.64 Å². The summed E-state index contributed by atoms with van der Waals surface area (Å²) in [7, 11) is 0. The van der Waals surface area contributed by atoms with Crippen molar-refractivity contribution in [3.05, 3.63) is 35.9 Å². The van der Waals surface area contributed by atoms with Crippen LogP contribution in [0.1, 0.15) is 33.3 Å². The molecular formula is C17H24NO2+. The highest BCUT2D eigenvalue weighted by Gasteiger charge is 2.27. The molecule has 1 N–H and O–H groups in total. The maximum atomic E-state index is 11.3. The van der Waals surface area contributed by atoms with Crippen molar-refractivity contribution < 1.29 is 14.4 Å². The molecule has 0 heterocycles. The van der Waals surface area contributed by atoms with E-state index in [9.17, 15) is 4.79 Å². The lowest BCUT2D eigenvalue weighted by Gasteiger charge is -2.24. The molecule has 1 aromatic rings. The van der Waals surface area contributed by atoms with Gasteiger partial charge in [-0.1, -0.05) is 30.3 Å².